The van der Waals surface area contributed by atoms with Gasteiger partial charge in [-0.2, -0.15) is 13.2 Å². The van der Waals surface area contributed by atoms with Gasteiger partial charge in [-0.3, -0.25) is 0 Å². The Morgan fingerprint density at radius 2 is 1.97 bits per heavy atom. The van der Waals surface area contributed by atoms with E-state index < -0.39 is 12.1 Å². The lowest BCUT2D eigenvalue weighted by Gasteiger charge is -2.35. The molecule has 164 valence electrons. The van der Waals surface area contributed by atoms with Crippen LogP contribution in [0.1, 0.15) is 19.3 Å². The molecule has 0 radical (unpaired) electrons. The highest BCUT2D eigenvalue weighted by Crippen LogP contribution is 2.41. The summed E-state index contributed by atoms with van der Waals surface area (Å²) >= 11 is 0. The van der Waals surface area contributed by atoms with Crippen molar-refractivity contribution in [3.63, 3.8) is 0 Å². The molecule has 1 aliphatic heterocycles. The van der Waals surface area contributed by atoms with Crippen LogP contribution < -0.4 is 4.90 Å². The summed E-state index contributed by atoms with van der Waals surface area (Å²) in [5.41, 5.74) is 0. The highest BCUT2D eigenvalue weighted by molar-refractivity contribution is 5.73. The normalized spacial score (nSPS) is 24.1. The van der Waals surface area contributed by atoms with Crippen molar-refractivity contribution in [3.8, 4) is 0 Å². The maximum absolute atomic E-state index is 10.6. The van der Waals surface area contributed by atoms with Crippen molar-refractivity contribution in [2.45, 2.75) is 25.4 Å². The second-order valence-electron chi connectivity index (χ2n) is 7.63. The number of alkyl halides is 3. The van der Waals surface area contributed by atoms with E-state index in [4.69, 9.17) is 14.6 Å². The molecule has 3 rings (SSSR count). The summed E-state index contributed by atoms with van der Waals surface area (Å²) in [7, 11) is 3.99. The summed E-state index contributed by atoms with van der Waals surface area (Å²) < 4.78 is 36.9. The molecule has 0 amide bonds. The van der Waals surface area contributed by atoms with Crippen LogP contribution in [0.5, 0.6) is 0 Å². The molecule has 7 nitrogen and oxygen atoms in total. The Labute approximate surface area is 168 Å². The fraction of sp³-hybridized carbons (Fsp3) is 0.737. The van der Waals surface area contributed by atoms with E-state index in [2.05, 4.69) is 26.8 Å². The summed E-state index contributed by atoms with van der Waals surface area (Å²) in [4.78, 5) is 22.6. The number of rotatable bonds is 6. The predicted molar refractivity (Wildman–Crippen MR) is 102 cm³/mol. The number of methoxy groups -OCH3 is 1. The fourth-order valence-corrected chi connectivity index (χ4v) is 4.18. The number of halogens is 3. The number of ether oxygens (including phenoxy) is 1. The minimum atomic E-state index is -5.08. The third kappa shape index (κ3) is 7.11. The number of nitrogens with zero attached hydrogens (tertiary/aromatic N) is 4. The molecule has 1 N–H and O–H groups in total. The Bertz CT molecular complexity index is 633. The first-order valence-corrected chi connectivity index (χ1v) is 9.72. The molecule has 0 unspecified atom stereocenters. The number of carboxylic acid groups (broad SMARTS) is 1. The van der Waals surface area contributed by atoms with Gasteiger partial charge in [-0.1, -0.05) is 6.42 Å². The van der Waals surface area contributed by atoms with Gasteiger partial charge >= 0.3 is 12.1 Å². The summed E-state index contributed by atoms with van der Waals surface area (Å²) in [5.74, 6) is 0.561. The second-order valence-corrected chi connectivity index (χ2v) is 7.63. The molecule has 1 saturated heterocycles. The Morgan fingerprint density at radius 1 is 1.31 bits per heavy atom. The second kappa shape index (κ2) is 10.7. The maximum atomic E-state index is 10.6. The molecular weight excluding hydrogens is 389 g/mol. The third-order valence-corrected chi connectivity index (χ3v) is 5.55. The van der Waals surface area contributed by atoms with E-state index >= 15 is 0 Å². The Morgan fingerprint density at radius 3 is 2.55 bits per heavy atom. The van der Waals surface area contributed by atoms with E-state index in [1.165, 1.54) is 25.8 Å². The zero-order valence-corrected chi connectivity index (χ0v) is 16.8. The average molecular weight is 418 g/mol. The molecule has 3 atom stereocenters. The lowest BCUT2D eigenvalue weighted by Crippen LogP contribution is -2.37. The van der Waals surface area contributed by atoms with Crippen LogP contribution in [0.3, 0.4) is 0 Å². The summed E-state index contributed by atoms with van der Waals surface area (Å²) in [6.45, 7) is 5.29. The molecule has 29 heavy (non-hydrogen) atoms. The van der Waals surface area contributed by atoms with Crippen molar-refractivity contribution in [2.75, 3.05) is 51.8 Å². The van der Waals surface area contributed by atoms with Crippen LogP contribution in [0.2, 0.25) is 0 Å². The first-order valence-electron chi connectivity index (χ1n) is 9.72. The first-order chi connectivity index (χ1) is 13.7. The predicted octanol–water partition coefficient (Wildman–Crippen LogP) is 2.54. The maximum Gasteiger partial charge on any atom is 0.490 e. The number of likely N-dealkylation sites (N-methyl/N-ethyl adjacent to an activating group) is 1. The minimum Gasteiger partial charge on any atom is -0.475 e. The zero-order chi connectivity index (χ0) is 21.4. The van der Waals surface area contributed by atoms with Crippen molar-refractivity contribution in [2.24, 2.45) is 17.8 Å². The molecule has 0 bridgehead atoms. The highest BCUT2D eigenvalue weighted by atomic mass is 19.4. The van der Waals surface area contributed by atoms with Gasteiger partial charge in [0.25, 0.3) is 0 Å². The van der Waals surface area contributed by atoms with E-state index in [1.807, 2.05) is 18.5 Å². The van der Waals surface area contributed by atoms with E-state index in [9.17, 15) is 13.2 Å². The molecule has 1 aliphatic carbocycles. The lowest BCUT2D eigenvalue weighted by molar-refractivity contribution is -0.192. The first kappa shape index (κ1) is 23.3. The lowest BCUT2D eigenvalue weighted by atomic mass is 9.74. The summed E-state index contributed by atoms with van der Waals surface area (Å²) in [6, 6.07) is 1.89. The van der Waals surface area contributed by atoms with Crippen LogP contribution in [0, 0.1) is 17.8 Å². The Kier molecular flexibility index (Phi) is 8.63. The van der Waals surface area contributed by atoms with Crippen LogP contribution in [0.4, 0.5) is 19.1 Å². The molecule has 2 fully saturated rings. The number of fused-ring (bicyclic) bond motifs is 1. The van der Waals surface area contributed by atoms with Crippen LogP contribution in [-0.4, -0.2) is 79.1 Å². The van der Waals surface area contributed by atoms with Gasteiger partial charge in [0.05, 0.1) is 6.61 Å². The smallest absolute Gasteiger partial charge is 0.475 e. The van der Waals surface area contributed by atoms with Crippen molar-refractivity contribution in [1.82, 2.24) is 14.9 Å². The minimum absolute atomic E-state index is 0.794. The number of anilines is 1. The van der Waals surface area contributed by atoms with Gasteiger partial charge in [0.15, 0.2) is 0 Å². The quantitative estimate of drug-likeness (QED) is 0.761. The van der Waals surface area contributed by atoms with Crippen molar-refractivity contribution in [1.29, 1.82) is 0 Å². The summed E-state index contributed by atoms with van der Waals surface area (Å²) in [5, 5.41) is 7.12. The molecule has 10 heteroatoms. The number of aromatic nitrogens is 2. The molecular formula is C19H29F3N4O3. The Balaban J connectivity index is 0.000000370. The van der Waals surface area contributed by atoms with E-state index in [0.717, 1.165) is 49.9 Å². The van der Waals surface area contributed by atoms with Gasteiger partial charge in [-0.15, -0.1) is 0 Å². The van der Waals surface area contributed by atoms with Gasteiger partial charge in [-0.25, -0.2) is 14.8 Å². The van der Waals surface area contributed by atoms with Gasteiger partial charge in [0.1, 0.15) is 0 Å². The molecule has 2 heterocycles. The van der Waals surface area contributed by atoms with Crippen molar-refractivity contribution < 1.29 is 27.8 Å². The van der Waals surface area contributed by atoms with Crippen LogP contribution in [0.25, 0.3) is 0 Å². The van der Waals surface area contributed by atoms with Crippen molar-refractivity contribution >= 4 is 11.9 Å². The SMILES string of the molecule is COCCN(C)C[C@@H]1CCC[C@@H]2CN(c3ncccn3)C[C@@H]21.O=C(O)C(F)(F)F. The fourth-order valence-electron chi connectivity index (χ4n) is 4.18. The number of carboxylic acids is 1. The highest BCUT2D eigenvalue weighted by Gasteiger charge is 2.41. The number of hydrogen-bond donors (Lipinski definition) is 1. The van der Waals surface area contributed by atoms with E-state index in [1.54, 1.807) is 7.11 Å². The topological polar surface area (TPSA) is 78.8 Å². The number of carbonyl (C=O) groups is 1. The number of aliphatic carboxylic acids is 1. The molecule has 1 aromatic heterocycles. The third-order valence-electron chi connectivity index (χ3n) is 5.55. The number of hydrogen-bond acceptors (Lipinski definition) is 6. The monoisotopic (exact) mass is 418 g/mol. The molecule has 0 spiro atoms. The molecule has 1 saturated carbocycles. The molecule has 1 aromatic rings. The average Bonchev–Trinajstić information content (AvgIpc) is 3.12. The van der Waals surface area contributed by atoms with E-state index in [0.29, 0.717) is 0 Å². The van der Waals surface area contributed by atoms with Gasteiger partial charge < -0.3 is 19.6 Å². The molecule has 2 aliphatic rings. The van der Waals surface area contributed by atoms with E-state index in [-0.39, 0.29) is 0 Å². The Hall–Kier alpha value is -1.94. The van der Waals surface area contributed by atoms with Crippen LogP contribution >= 0.6 is 0 Å². The van der Waals surface area contributed by atoms with Gasteiger partial charge in [-0.05, 0) is 43.7 Å². The van der Waals surface area contributed by atoms with Crippen LogP contribution in [0.15, 0.2) is 18.5 Å². The molecule has 0 aromatic carbocycles. The van der Waals surface area contributed by atoms with Crippen LogP contribution in [-0.2, 0) is 9.53 Å². The standard InChI is InChI=1S/C17H28N4O.C2HF3O2/c1-20(9-10-22-2)11-14-5-3-6-15-12-21(13-16(14)15)17-18-7-4-8-19-17;3-2(4,5)1(6)7/h4,7-8,14-16H,3,5-6,9-13H2,1-2H3;(H,6,7)/t14-,15+,16+;/m0./s1. The van der Waals surface area contributed by atoms with Gasteiger partial charge in [0.2, 0.25) is 5.95 Å². The largest absolute Gasteiger partial charge is 0.490 e. The van der Waals surface area contributed by atoms with Gasteiger partial charge in [0, 0.05) is 45.7 Å². The zero-order valence-electron chi connectivity index (χ0n) is 16.8. The summed E-state index contributed by atoms with van der Waals surface area (Å²) in [6.07, 6.45) is 2.71. The van der Waals surface area contributed by atoms with Crippen molar-refractivity contribution in [3.05, 3.63) is 18.5 Å².